The Bertz CT molecular complexity index is 152. The third-order valence-corrected chi connectivity index (χ3v) is 3.10. The van der Waals surface area contributed by atoms with Gasteiger partial charge in [-0.3, -0.25) is 4.90 Å². The minimum atomic E-state index is -0.168. The van der Waals surface area contributed by atoms with E-state index in [1.54, 1.807) is 0 Å². The lowest BCUT2D eigenvalue weighted by Gasteiger charge is -2.30. The van der Waals surface area contributed by atoms with Crippen molar-refractivity contribution in [2.75, 3.05) is 19.7 Å². The van der Waals surface area contributed by atoms with Crippen LogP contribution in [-0.2, 0) is 0 Å². The Labute approximate surface area is 86.7 Å². The zero-order valence-electron chi connectivity index (χ0n) is 9.15. The number of nitrogens with zero attached hydrogens (tertiary/aromatic N) is 1. The molecule has 0 heterocycles. The van der Waals surface area contributed by atoms with Crippen LogP contribution in [0.1, 0.15) is 39.0 Å². The second-order valence-electron chi connectivity index (χ2n) is 4.18. The van der Waals surface area contributed by atoms with Gasteiger partial charge in [0.15, 0.2) is 0 Å². The van der Waals surface area contributed by atoms with E-state index in [0.29, 0.717) is 12.6 Å². The fourth-order valence-electron chi connectivity index (χ4n) is 2.28. The van der Waals surface area contributed by atoms with Crippen LogP contribution < -0.4 is 0 Å². The van der Waals surface area contributed by atoms with Crippen LogP contribution in [0.3, 0.4) is 0 Å². The summed E-state index contributed by atoms with van der Waals surface area (Å²) in [6.07, 6.45) is 5.30. The summed E-state index contributed by atoms with van der Waals surface area (Å²) in [5, 5.41) is 18.7. The van der Waals surface area contributed by atoms with E-state index in [-0.39, 0.29) is 12.7 Å². The molecule has 1 rings (SSSR count). The van der Waals surface area contributed by atoms with Gasteiger partial charge in [0, 0.05) is 12.6 Å². The topological polar surface area (TPSA) is 43.7 Å². The quantitative estimate of drug-likeness (QED) is 0.673. The van der Waals surface area contributed by atoms with Crippen molar-refractivity contribution in [1.29, 1.82) is 0 Å². The number of hydrogen-bond donors (Lipinski definition) is 2. The molecule has 0 aliphatic heterocycles. The summed E-state index contributed by atoms with van der Waals surface area (Å²) in [6.45, 7) is 4.09. The van der Waals surface area contributed by atoms with Crippen LogP contribution in [0.15, 0.2) is 0 Å². The van der Waals surface area contributed by atoms with Crippen LogP contribution in [0, 0.1) is 0 Å². The molecule has 0 radical (unpaired) electrons. The van der Waals surface area contributed by atoms with Gasteiger partial charge in [0.05, 0.1) is 12.7 Å². The Morgan fingerprint density at radius 1 is 1.29 bits per heavy atom. The maximum Gasteiger partial charge on any atom is 0.0695 e. The largest absolute Gasteiger partial charge is 0.395 e. The van der Waals surface area contributed by atoms with Gasteiger partial charge in [-0.05, 0) is 32.2 Å². The van der Waals surface area contributed by atoms with Crippen LogP contribution in [0.5, 0.6) is 0 Å². The third kappa shape index (κ3) is 3.23. The van der Waals surface area contributed by atoms with E-state index in [9.17, 15) is 5.11 Å². The Balaban J connectivity index is 2.39. The van der Waals surface area contributed by atoms with E-state index < -0.39 is 0 Å². The highest BCUT2D eigenvalue weighted by atomic mass is 16.3. The molecular weight excluding hydrogens is 178 g/mol. The molecule has 2 unspecified atom stereocenters. The molecule has 3 heteroatoms. The molecule has 0 saturated heterocycles. The molecule has 1 fully saturated rings. The molecule has 2 N–H and O–H groups in total. The monoisotopic (exact) mass is 201 g/mol. The molecule has 0 aromatic carbocycles. The standard InChI is InChI=1S/C11H23NO2/c1-2-3-7-12(8-9-13)10-5-4-6-11(10)14/h10-11,13-14H,2-9H2,1H3. The van der Waals surface area contributed by atoms with E-state index in [2.05, 4.69) is 11.8 Å². The minimum absolute atomic E-state index is 0.168. The van der Waals surface area contributed by atoms with E-state index in [4.69, 9.17) is 5.11 Å². The number of hydrogen-bond acceptors (Lipinski definition) is 3. The molecule has 1 saturated carbocycles. The van der Waals surface area contributed by atoms with Gasteiger partial charge in [0.1, 0.15) is 0 Å². The van der Waals surface area contributed by atoms with Gasteiger partial charge >= 0.3 is 0 Å². The van der Waals surface area contributed by atoms with Crippen molar-refractivity contribution in [2.24, 2.45) is 0 Å². The number of rotatable bonds is 6. The van der Waals surface area contributed by atoms with Gasteiger partial charge in [-0.15, -0.1) is 0 Å². The number of aliphatic hydroxyl groups is 2. The molecule has 14 heavy (non-hydrogen) atoms. The zero-order chi connectivity index (χ0) is 10.4. The molecule has 1 aliphatic carbocycles. The molecule has 0 amide bonds. The van der Waals surface area contributed by atoms with Crippen molar-refractivity contribution >= 4 is 0 Å². The van der Waals surface area contributed by atoms with Crippen LogP contribution in [0.4, 0.5) is 0 Å². The predicted molar refractivity (Wildman–Crippen MR) is 57.2 cm³/mol. The second kappa shape index (κ2) is 6.38. The Morgan fingerprint density at radius 3 is 2.57 bits per heavy atom. The summed E-state index contributed by atoms with van der Waals surface area (Å²) < 4.78 is 0. The summed E-state index contributed by atoms with van der Waals surface area (Å²) in [5.41, 5.74) is 0. The molecule has 0 bridgehead atoms. The van der Waals surface area contributed by atoms with Crippen molar-refractivity contribution in [3.8, 4) is 0 Å². The highest BCUT2D eigenvalue weighted by Gasteiger charge is 2.29. The molecule has 0 aromatic heterocycles. The summed E-state index contributed by atoms with van der Waals surface area (Å²) in [6, 6.07) is 0.300. The first-order valence-electron chi connectivity index (χ1n) is 5.82. The minimum Gasteiger partial charge on any atom is -0.395 e. The first-order chi connectivity index (χ1) is 6.79. The summed E-state index contributed by atoms with van der Waals surface area (Å²) in [5.74, 6) is 0. The average molecular weight is 201 g/mol. The maximum absolute atomic E-state index is 9.76. The highest BCUT2D eigenvalue weighted by molar-refractivity contribution is 4.84. The van der Waals surface area contributed by atoms with Crippen molar-refractivity contribution in [2.45, 2.75) is 51.2 Å². The van der Waals surface area contributed by atoms with Gasteiger partial charge in [0.25, 0.3) is 0 Å². The normalized spacial score (nSPS) is 27.4. The van der Waals surface area contributed by atoms with E-state index in [1.165, 1.54) is 6.42 Å². The number of unbranched alkanes of at least 4 members (excludes halogenated alkanes) is 1. The molecule has 3 nitrogen and oxygen atoms in total. The fourth-order valence-corrected chi connectivity index (χ4v) is 2.28. The summed E-state index contributed by atoms with van der Waals surface area (Å²) >= 11 is 0. The first-order valence-corrected chi connectivity index (χ1v) is 5.82. The predicted octanol–water partition coefficient (Wildman–Crippen LogP) is 0.994. The highest BCUT2D eigenvalue weighted by Crippen LogP contribution is 2.24. The van der Waals surface area contributed by atoms with Gasteiger partial charge < -0.3 is 10.2 Å². The Kier molecular flexibility index (Phi) is 5.45. The first kappa shape index (κ1) is 12.0. The average Bonchev–Trinajstić information content (AvgIpc) is 2.59. The van der Waals surface area contributed by atoms with Crippen molar-refractivity contribution < 1.29 is 10.2 Å². The molecule has 1 aliphatic rings. The van der Waals surface area contributed by atoms with E-state index in [0.717, 1.165) is 32.2 Å². The van der Waals surface area contributed by atoms with Crippen LogP contribution in [0.25, 0.3) is 0 Å². The molecule has 84 valence electrons. The second-order valence-corrected chi connectivity index (χ2v) is 4.18. The van der Waals surface area contributed by atoms with Crippen LogP contribution in [0.2, 0.25) is 0 Å². The zero-order valence-corrected chi connectivity index (χ0v) is 9.15. The van der Waals surface area contributed by atoms with Gasteiger partial charge in [-0.2, -0.15) is 0 Å². The maximum atomic E-state index is 9.76. The van der Waals surface area contributed by atoms with Crippen LogP contribution >= 0.6 is 0 Å². The fraction of sp³-hybridized carbons (Fsp3) is 1.00. The lowest BCUT2D eigenvalue weighted by atomic mass is 10.1. The summed E-state index contributed by atoms with van der Waals surface area (Å²) in [4.78, 5) is 2.25. The van der Waals surface area contributed by atoms with Gasteiger partial charge in [-0.25, -0.2) is 0 Å². The Hall–Kier alpha value is -0.120. The lowest BCUT2D eigenvalue weighted by Crippen LogP contribution is -2.42. The third-order valence-electron chi connectivity index (χ3n) is 3.10. The lowest BCUT2D eigenvalue weighted by molar-refractivity contribution is 0.0585. The SMILES string of the molecule is CCCCN(CCO)C1CCCC1O. The molecular formula is C11H23NO2. The van der Waals surface area contributed by atoms with Crippen LogP contribution in [-0.4, -0.2) is 47.0 Å². The van der Waals surface area contributed by atoms with Gasteiger partial charge in [0.2, 0.25) is 0 Å². The Morgan fingerprint density at radius 2 is 2.07 bits per heavy atom. The van der Waals surface area contributed by atoms with Crippen molar-refractivity contribution in [3.05, 3.63) is 0 Å². The molecule has 0 aromatic rings. The summed E-state index contributed by atoms with van der Waals surface area (Å²) in [7, 11) is 0. The molecule has 2 atom stereocenters. The smallest absolute Gasteiger partial charge is 0.0695 e. The van der Waals surface area contributed by atoms with Crippen molar-refractivity contribution in [3.63, 3.8) is 0 Å². The van der Waals surface area contributed by atoms with Crippen molar-refractivity contribution in [1.82, 2.24) is 4.90 Å². The molecule has 0 spiro atoms. The van der Waals surface area contributed by atoms with Gasteiger partial charge in [-0.1, -0.05) is 13.3 Å². The van der Waals surface area contributed by atoms with E-state index in [1.807, 2.05) is 0 Å². The number of aliphatic hydroxyl groups excluding tert-OH is 2. The van der Waals surface area contributed by atoms with E-state index >= 15 is 0 Å².